The number of ether oxygens (including phenoxy) is 3. The van der Waals surface area contributed by atoms with Gasteiger partial charge < -0.3 is 14.2 Å². The van der Waals surface area contributed by atoms with Crippen molar-refractivity contribution in [2.24, 2.45) is 0 Å². The van der Waals surface area contributed by atoms with Crippen molar-refractivity contribution >= 4 is 52.5 Å². The average Bonchev–Trinajstić information content (AvgIpc) is 3.79. The van der Waals surface area contributed by atoms with Crippen LogP contribution in [0.1, 0.15) is 47.7 Å². The van der Waals surface area contributed by atoms with Crippen LogP contribution in [0, 0.1) is 0 Å². The van der Waals surface area contributed by atoms with Crippen LogP contribution in [0.15, 0.2) is 134 Å². The Balaban J connectivity index is 1.32. The van der Waals surface area contributed by atoms with Crippen molar-refractivity contribution in [3.63, 3.8) is 0 Å². The lowest BCUT2D eigenvalue weighted by molar-refractivity contribution is -0.0475. The second-order valence-corrected chi connectivity index (χ2v) is 12.7. The number of amides is 2. The quantitative estimate of drug-likeness (QED) is 0.109. The maximum Gasteiger partial charge on any atom is 0.338 e. The third-order valence-electron chi connectivity index (χ3n) is 8.42. The van der Waals surface area contributed by atoms with Crippen molar-refractivity contribution in [2.75, 3.05) is 16.7 Å². The SMILES string of the molecule is O=C(O[C@@H]1[C@H](OC(=O)c2ccccc2)[C@@H](CSCF)O[C@H]1n1cnc2c(N(C(=O)c3ccccc3)C(=O)c3ccccc3)ncnc21)c1ccccc1. The van der Waals surface area contributed by atoms with Crippen molar-refractivity contribution < 1.29 is 37.8 Å². The molecule has 7 rings (SSSR count). The largest absolute Gasteiger partial charge is 0.452 e. The molecule has 3 heterocycles. The lowest BCUT2D eigenvalue weighted by atomic mass is 10.1. The molecule has 1 fully saturated rings. The maximum atomic E-state index is 14.0. The van der Waals surface area contributed by atoms with E-state index in [9.17, 15) is 23.6 Å². The van der Waals surface area contributed by atoms with Gasteiger partial charge in [0, 0.05) is 16.9 Å². The zero-order valence-corrected chi connectivity index (χ0v) is 28.6. The van der Waals surface area contributed by atoms with Gasteiger partial charge in [0.1, 0.15) is 18.4 Å². The molecule has 4 atom stereocenters. The van der Waals surface area contributed by atoms with E-state index in [0.29, 0.717) is 0 Å². The van der Waals surface area contributed by atoms with Crippen LogP contribution in [0.3, 0.4) is 0 Å². The summed E-state index contributed by atoms with van der Waals surface area (Å²) in [6, 6.07) is 32.3. The maximum absolute atomic E-state index is 14.0. The molecular formula is C39H30FN5O7S. The molecule has 0 bridgehead atoms. The van der Waals surface area contributed by atoms with Gasteiger partial charge >= 0.3 is 11.9 Å². The molecule has 12 nitrogen and oxygen atoms in total. The van der Waals surface area contributed by atoms with Gasteiger partial charge in [0.2, 0.25) is 0 Å². The minimum Gasteiger partial charge on any atom is -0.452 e. The number of rotatable bonds is 11. The molecule has 14 heteroatoms. The number of anilines is 1. The van der Waals surface area contributed by atoms with E-state index < -0.39 is 54.3 Å². The van der Waals surface area contributed by atoms with Gasteiger partial charge in [-0.05, 0) is 48.5 Å². The molecule has 0 aliphatic carbocycles. The number of esters is 2. The van der Waals surface area contributed by atoms with Crippen LogP contribution < -0.4 is 4.90 Å². The number of carbonyl (C=O) groups is 4. The van der Waals surface area contributed by atoms with Crippen LogP contribution in [-0.2, 0) is 14.2 Å². The Bertz CT molecular complexity index is 2180. The van der Waals surface area contributed by atoms with Crippen molar-refractivity contribution in [1.82, 2.24) is 19.5 Å². The highest BCUT2D eigenvalue weighted by molar-refractivity contribution is 7.99. The van der Waals surface area contributed by atoms with Crippen molar-refractivity contribution in [2.45, 2.75) is 24.5 Å². The van der Waals surface area contributed by atoms with E-state index >= 15 is 0 Å². The summed E-state index contributed by atoms with van der Waals surface area (Å²) in [7, 11) is 0. The number of aromatic nitrogens is 4. The van der Waals surface area contributed by atoms with E-state index in [1.54, 1.807) is 121 Å². The third-order valence-corrected chi connectivity index (χ3v) is 9.14. The molecule has 4 aromatic carbocycles. The van der Waals surface area contributed by atoms with E-state index in [1.807, 2.05) is 0 Å². The molecule has 0 saturated carbocycles. The number of benzene rings is 4. The first-order valence-electron chi connectivity index (χ1n) is 16.4. The van der Waals surface area contributed by atoms with Crippen molar-refractivity contribution in [3.8, 4) is 0 Å². The lowest BCUT2D eigenvalue weighted by Gasteiger charge is -2.25. The van der Waals surface area contributed by atoms with E-state index in [1.165, 1.54) is 17.2 Å². The van der Waals surface area contributed by atoms with Crippen LogP contribution in [0.25, 0.3) is 11.2 Å². The normalized spacial score (nSPS) is 18.0. The average molecular weight is 732 g/mol. The predicted molar refractivity (Wildman–Crippen MR) is 193 cm³/mol. The summed E-state index contributed by atoms with van der Waals surface area (Å²) in [5, 5.41) is 0. The molecular weight excluding hydrogens is 702 g/mol. The molecule has 2 amide bonds. The highest BCUT2D eigenvalue weighted by Crippen LogP contribution is 2.38. The van der Waals surface area contributed by atoms with Gasteiger partial charge in [-0.25, -0.2) is 33.8 Å². The van der Waals surface area contributed by atoms with Gasteiger partial charge in [0.25, 0.3) is 11.8 Å². The standard InChI is InChI=1S/C39H30FN5O7S/c40-22-53-21-29-31(51-38(48)27-17-9-3-10-18-27)32(52-39(49)28-19-11-4-12-20-28)37(50-29)44-24-43-30-33(44)41-23-42-34(30)45(35(46)25-13-5-1-6-14-25)36(47)26-15-7-2-8-16-26/h1-20,23-24,29,31-32,37H,21-22H2/t29-,31-,32-,37-/m1/s1. The second-order valence-electron chi connectivity index (χ2n) is 11.7. The Hall–Kier alpha value is -6.25. The zero-order chi connectivity index (χ0) is 36.7. The Labute approximate surface area is 306 Å². The van der Waals surface area contributed by atoms with E-state index in [-0.39, 0.29) is 45.0 Å². The van der Waals surface area contributed by atoms with Crippen LogP contribution in [0.2, 0.25) is 0 Å². The Morgan fingerprint density at radius 3 is 1.68 bits per heavy atom. The minimum absolute atomic E-state index is 0.0386. The number of fused-ring (bicyclic) bond motifs is 1. The van der Waals surface area contributed by atoms with Crippen LogP contribution in [0.5, 0.6) is 0 Å². The van der Waals surface area contributed by atoms with E-state index in [0.717, 1.165) is 16.7 Å². The summed E-state index contributed by atoms with van der Waals surface area (Å²) in [6.45, 7) is 0. The molecule has 1 saturated heterocycles. The first kappa shape index (κ1) is 35.2. The zero-order valence-electron chi connectivity index (χ0n) is 27.8. The van der Waals surface area contributed by atoms with Crippen LogP contribution in [-0.4, -0.2) is 73.3 Å². The summed E-state index contributed by atoms with van der Waals surface area (Å²) in [5.74, 6) is -2.81. The predicted octanol–water partition coefficient (Wildman–Crippen LogP) is 6.32. The lowest BCUT2D eigenvalue weighted by Crippen LogP contribution is -2.40. The van der Waals surface area contributed by atoms with Gasteiger partial charge in [0.15, 0.2) is 35.4 Å². The van der Waals surface area contributed by atoms with Crippen molar-refractivity contribution in [1.29, 1.82) is 0 Å². The molecule has 6 aromatic rings. The highest BCUT2D eigenvalue weighted by atomic mass is 32.2. The fourth-order valence-electron chi connectivity index (χ4n) is 5.92. The number of carbonyl (C=O) groups excluding carboxylic acids is 4. The summed E-state index contributed by atoms with van der Waals surface area (Å²) >= 11 is 0.905. The monoisotopic (exact) mass is 731 g/mol. The number of thioether (sulfide) groups is 1. The summed E-state index contributed by atoms with van der Waals surface area (Å²) in [6.07, 6.45) is -2.13. The van der Waals surface area contributed by atoms with E-state index in [4.69, 9.17) is 14.2 Å². The highest BCUT2D eigenvalue weighted by Gasteiger charge is 2.51. The molecule has 0 unspecified atom stereocenters. The van der Waals surface area contributed by atoms with Gasteiger partial charge in [-0.2, -0.15) is 0 Å². The molecule has 0 N–H and O–H groups in total. The first-order valence-corrected chi connectivity index (χ1v) is 17.6. The van der Waals surface area contributed by atoms with Gasteiger partial charge in [-0.1, -0.05) is 72.8 Å². The smallest absolute Gasteiger partial charge is 0.338 e. The molecule has 266 valence electrons. The Kier molecular flexibility index (Phi) is 10.6. The number of halogens is 1. The van der Waals surface area contributed by atoms with Gasteiger partial charge in [-0.3, -0.25) is 14.2 Å². The third kappa shape index (κ3) is 7.40. The fourth-order valence-corrected chi connectivity index (χ4v) is 6.51. The van der Waals surface area contributed by atoms with Gasteiger partial charge in [0.05, 0.1) is 17.5 Å². The number of hydrogen-bond acceptors (Lipinski definition) is 11. The molecule has 0 radical (unpaired) electrons. The fraction of sp³-hybridized carbons (Fsp3) is 0.154. The molecule has 1 aliphatic rings. The molecule has 2 aromatic heterocycles. The number of alkyl halides is 1. The number of imide groups is 1. The van der Waals surface area contributed by atoms with E-state index in [2.05, 4.69) is 15.0 Å². The second kappa shape index (κ2) is 16.0. The topological polar surface area (TPSA) is 143 Å². The minimum atomic E-state index is -1.29. The van der Waals surface area contributed by atoms with Gasteiger partial charge in [-0.15, -0.1) is 11.8 Å². The summed E-state index contributed by atoms with van der Waals surface area (Å²) < 4.78 is 33.4. The Morgan fingerprint density at radius 2 is 1.17 bits per heavy atom. The van der Waals surface area contributed by atoms with Crippen molar-refractivity contribution in [3.05, 3.63) is 156 Å². The van der Waals surface area contributed by atoms with Crippen LogP contribution in [0.4, 0.5) is 10.2 Å². The summed E-state index contributed by atoms with van der Waals surface area (Å²) in [5.41, 5.74) is 1.10. The molecule has 0 spiro atoms. The number of imidazole rings is 1. The molecule has 53 heavy (non-hydrogen) atoms. The van der Waals surface area contributed by atoms with Crippen LogP contribution >= 0.6 is 11.8 Å². The Morgan fingerprint density at radius 1 is 0.679 bits per heavy atom. The number of nitrogens with zero attached hydrogens (tertiary/aromatic N) is 5. The first-order chi connectivity index (χ1) is 25.9. The summed E-state index contributed by atoms with van der Waals surface area (Å²) in [4.78, 5) is 69.2. The number of hydrogen-bond donors (Lipinski definition) is 0. The molecule has 1 aliphatic heterocycles.